The van der Waals surface area contributed by atoms with Gasteiger partial charge in [-0.15, -0.1) is 0 Å². The van der Waals surface area contributed by atoms with Crippen molar-refractivity contribution in [3.05, 3.63) is 57.8 Å². The van der Waals surface area contributed by atoms with Crippen LogP contribution in [0.5, 0.6) is 0 Å². The van der Waals surface area contributed by atoms with Gasteiger partial charge in [-0.25, -0.2) is 4.39 Å². The number of amides is 1. The smallest absolute Gasteiger partial charge is 0.423 e. The molecule has 0 saturated carbocycles. The van der Waals surface area contributed by atoms with Crippen LogP contribution in [-0.2, 0) is 0 Å². The summed E-state index contributed by atoms with van der Waals surface area (Å²) < 4.78 is 13.3. The Morgan fingerprint density at radius 2 is 1.81 bits per heavy atom. The van der Waals surface area contributed by atoms with Crippen LogP contribution in [0.1, 0.15) is 10.4 Å². The molecule has 0 aliphatic carbocycles. The van der Waals surface area contributed by atoms with Crippen LogP contribution in [0.15, 0.2) is 36.4 Å². The first kappa shape index (κ1) is 15.8. The predicted octanol–water partition coefficient (Wildman–Crippen LogP) is 2.06. The molecule has 0 fully saturated rings. The maximum Gasteiger partial charge on any atom is 0.491 e. The average Bonchev–Trinajstić information content (AvgIpc) is 2.43. The summed E-state index contributed by atoms with van der Waals surface area (Å²) in [5, 5.41) is 21.2. The second-order valence-corrected chi connectivity index (χ2v) is 5.01. The maximum atomic E-state index is 13.3. The average molecular weight is 328 g/mol. The van der Waals surface area contributed by atoms with Crippen molar-refractivity contribution >= 4 is 47.4 Å². The summed E-state index contributed by atoms with van der Waals surface area (Å²) in [6.07, 6.45) is 0. The van der Waals surface area contributed by atoms with Crippen molar-refractivity contribution in [2.45, 2.75) is 0 Å². The number of carbonyl (C=O) groups excluding carboxylic acids is 1. The van der Waals surface area contributed by atoms with Crippen LogP contribution in [0.3, 0.4) is 0 Å². The number of hydrogen-bond acceptors (Lipinski definition) is 3. The molecule has 3 N–H and O–H groups in total. The van der Waals surface area contributed by atoms with Gasteiger partial charge in [0.15, 0.2) is 0 Å². The van der Waals surface area contributed by atoms with Crippen molar-refractivity contribution in [2.75, 3.05) is 5.32 Å². The van der Waals surface area contributed by atoms with Gasteiger partial charge >= 0.3 is 7.12 Å². The third-order valence-electron chi connectivity index (χ3n) is 2.71. The largest absolute Gasteiger partial charge is 0.491 e. The molecular formula is C13H9BCl2FNO3. The first-order valence-corrected chi connectivity index (χ1v) is 6.56. The van der Waals surface area contributed by atoms with Gasteiger partial charge in [0.25, 0.3) is 5.91 Å². The summed E-state index contributed by atoms with van der Waals surface area (Å²) in [5.74, 6) is -1.36. The van der Waals surface area contributed by atoms with Gasteiger partial charge in [0.1, 0.15) is 5.82 Å². The van der Waals surface area contributed by atoms with E-state index in [1.165, 1.54) is 18.2 Å². The highest BCUT2D eigenvalue weighted by Crippen LogP contribution is 2.25. The lowest BCUT2D eigenvalue weighted by atomic mass is 9.79. The molecule has 0 radical (unpaired) electrons. The molecular weight excluding hydrogens is 319 g/mol. The van der Waals surface area contributed by atoms with Gasteiger partial charge in [0.05, 0.1) is 10.0 Å². The molecule has 8 heteroatoms. The predicted molar refractivity (Wildman–Crippen MR) is 80.6 cm³/mol. The molecule has 2 aromatic rings. The molecule has 4 nitrogen and oxygen atoms in total. The molecule has 0 aliphatic heterocycles. The van der Waals surface area contributed by atoms with Gasteiger partial charge < -0.3 is 15.4 Å². The van der Waals surface area contributed by atoms with Gasteiger partial charge in [-0.1, -0.05) is 23.2 Å². The Bertz CT molecular complexity index is 697. The van der Waals surface area contributed by atoms with Crippen LogP contribution in [-0.4, -0.2) is 23.1 Å². The number of hydrogen-bond donors (Lipinski definition) is 3. The quantitative estimate of drug-likeness (QED) is 0.756. The van der Waals surface area contributed by atoms with Crippen LogP contribution in [0.25, 0.3) is 0 Å². The van der Waals surface area contributed by atoms with Crippen molar-refractivity contribution in [3.63, 3.8) is 0 Å². The van der Waals surface area contributed by atoms with Crippen molar-refractivity contribution < 1.29 is 19.2 Å². The minimum Gasteiger partial charge on any atom is -0.423 e. The Kier molecular flexibility index (Phi) is 4.85. The van der Waals surface area contributed by atoms with E-state index < -0.39 is 18.8 Å². The van der Waals surface area contributed by atoms with E-state index in [4.69, 9.17) is 33.2 Å². The van der Waals surface area contributed by atoms with Crippen molar-refractivity contribution in [1.82, 2.24) is 0 Å². The highest BCUT2D eigenvalue weighted by molar-refractivity contribution is 6.58. The lowest BCUT2D eigenvalue weighted by Crippen LogP contribution is -2.33. The molecule has 0 saturated heterocycles. The van der Waals surface area contributed by atoms with E-state index in [0.29, 0.717) is 10.7 Å². The number of nitrogens with one attached hydrogen (secondary N) is 1. The van der Waals surface area contributed by atoms with Crippen molar-refractivity contribution in [1.29, 1.82) is 0 Å². The summed E-state index contributed by atoms with van der Waals surface area (Å²) in [4.78, 5) is 12.0. The van der Waals surface area contributed by atoms with Gasteiger partial charge in [-0.3, -0.25) is 4.79 Å². The monoisotopic (exact) mass is 327 g/mol. The number of halogens is 3. The van der Waals surface area contributed by atoms with Crippen LogP contribution >= 0.6 is 23.2 Å². The van der Waals surface area contributed by atoms with E-state index in [1.807, 2.05) is 0 Å². The van der Waals surface area contributed by atoms with E-state index in [1.54, 1.807) is 6.07 Å². The van der Waals surface area contributed by atoms with Gasteiger partial charge in [0.2, 0.25) is 0 Å². The van der Waals surface area contributed by atoms with E-state index in [0.717, 1.165) is 12.1 Å². The molecule has 2 aromatic carbocycles. The molecule has 0 unspecified atom stereocenters. The topological polar surface area (TPSA) is 69.6 Å². The summed E-state index contributed by atoms with van der Waals surface area (Å²) >= 11 is 11.6. The first-order valence-electron chi connectivity index (χ1n) is 5.80. The molecule has 0 spiro atoms. The Morgan fingerprint density at radius 1 is 1.10 bits per heavy atom. The van der Waals surface area contributed by atoms with E-state index in [9.17, 15) is 9.18 Å². The van der Waals surface area contributed by atoms with E-state index in [2.05, 4.69) is 5.32 Å². The van der Waals surface area contributed by atoms with Crippen LogP contribution in [0.2, 0.25) is 10.0 Å². The molecule has 0 atom stereocenters. The number of benzene rings is 2. The maximum absolute atomic E-state index is 13.3. The van der Waals surface area contributed by atoms with Crippen molar-refractivity contribution in [3.8, 4) is 0 Å². The molecule has 108 valence electrons. The van der Waals surface area contributed by atoms with E-state index >= 15 is 0 Å². The SMILES string of the molecule is O=C(Nc1ccc(Cl)c(Cl)c1)c1ccc(F)c(B(O)O)c1. The highest BCUT2D eigenvalue weighted by atomic mass is 35.5. The lowest BCUT2D eigenvalue weighted by Gasteiger charge is -2.08. The number of rotatable bonds is 3. The van der Waals surface area contributed by atoms with E-state index in [-0.39, 0.29) is 16.0 Å². The zero-order valence-corrected chi connectivity index (χ0v) is 12.0. The Labute approximate surface area is 130 Å². The van der Waals surface area contributed by atoms with Gasteiger partial charge in [-0.05, 0) is 36.4 Å². The highest BCUT2D eigenvalue weighted by Gasteiger charge is 2.19. The molecule has 1 amide bonds. The normalized spacial score (nSPS) is 10.3. The fourth-order valence-electron chi connectivity index (χ4n) is 1.66. The second kappa shape index (κ2) is 6.45. The van der Waals surface area contributed by atoms with Crippen molar-refractivity contribution in [2.24, 2.45) is 0 Å². The van der Waals surface area contributed by atoms with Gasteiger partial charge in [0, 0.05) is 16.7 Å². The Morgan fingerprint density at radius 3 is 2.43 bits per heavy atom. The molecule has 0 bridgehead atoms. The second-order valence-electron chi connectivity index (χ2n) is 4.19. The minimum absolute atomic E-state index is 0.0746. The molecule has 0 aromatic heterocycles. The Hall–Kier alpha value is -1.60. The summed E-state index contributed by atoms with van der Waals surface area (Å²) in [6, 6.07) is 7.82. The zero-order valence-electron chi connectivity index (χ0n) is 10.5. The van der Waals surface area contributed by atoms with Crippen LogP contribution in [0.4, 0.5) is 10.1 Å². The minimum atomic E-state index is -2.00. The third-order valence-corrected chi connectivity index (χ3v) is 3.45. The number of anilines is 1. The van der Waals surface area contributed by atoms with Crippen LogP contribution < -0.4 is 10.8 Å². The number of carbonyl (C=O) groups is 1. The molecule has 0 heterocycles. The first-order chi connectivity index (χ1) is 9.88. The van der Waals surface area contributed by atoms with Gasteiger partial charge in [-0.2, -0.15) is 0 Å². The molecule has 0 aliphatic rings. The lowest BCUT2D eigenvalue weighted by molar-refractivity contribution is 0.102. The van der Waals surface area contributed by atoms with Crippen LogP contribution in [0, 0.1) is 5.82 Å². The Balaban J connectivity index is 2.24. The standard InChI is InChI=1S/C13H9BCl2FNO3/c15-10-3-2-8(6-11(10)16)18-13(19)7-1-4-12(17)9(5-7)14(20)21/h1-6,20-21H,(H,18,19). The fourth-order valence-corrected chi connectivity index (χ4v) is 1.96. The summed E-state index contributed by atoms with van der Waals surface area (Å²) in [5.41, 5.74) is 0.104. The molecule has 2 rings (SSSR count). The molecule has 21 heavy (non-hydrogen) atoms. The summed E-state index contributed by atoms with van der Waals surface area (Å²) in [7, 11) is -2.00. The fraction of sp³-hybridized carbons (Fsp3) is 0. The summed E-state index contributed by atoms with van der Waals surface area (Å²) in [6.45, 7) is 0. The third kappa shape index (κ3) is 3.74. The zero-order chi connectivity index (χ0) is 15.6.